The first-order valence-corrected chi connectivity index (χ1v) is 12.5. The van der Waals surface area contributed by atoms with E-state index in [4.69, 9.17) is 5.84 Å². The summed E-state index contributed by atoms with van der Waals surface area (Å²) in [5.41, 5.74) is 1.74. The Balaban J connectivity index is 1.61. The maximum atomic E-state index is 12.2. The van der Waals surface area contributed by atoms with Crippen LogP contribution >= 0.6 is 11.3 Å². The van der Waals surface area contributed by atoms with Crippen molar-refractivity contribution in [2.75, 3.05) is 5.01 Å². The van der Waals surface area contributed by atoms with E-state index in [9.17, 15) is 8.42 Å². The van der Waals surface area contributed by atoms with Crippen molar-refractivity contribution in [2.45, 2.75) is 62.2 Å². The Labute approximate surface area is 177 Å². The van der Waals surface area contributed by atoms with Crippen molar-refractivity contribution >= 4 is 33.4 Å². The maximum absolute atomic E-state index is 12.2. The maximum Gasteiger partial charge on any atom is 0.293 e. The zero-order chi connectivity index (χ0) is 20.7. The molecule has 8 heteroatoms. The van der Waals surface area contributed by atoms with Crippen molar-refractivity contribution in [3.63, 3.8) is 0 Å². The number of hydrogen-bond donors (Lipinski definition) is 2. The summed E-state index contributed by atoms with van der Waals surface area (Å²) in [6, 6.07) is 11.3. The van der Waals surface area contributed by atoms with Gasteiger partial charge < -0.3 is 5.32 Å². The molecular weight excluding hydrogens is 404 g/mol. The molecule has 0 amide bonds. The van der Waals surface area contributed by atoms with Crippen molar-refractivity contribution in [3.05, 3.63) is 47.3 Å². The molecule has 1 heterocycles. The summed E-state index contributed by atoms with van der Waals surface area (Å²) >= 11 is 1.13. The van der Waals surface area contributed by atoms with E-state index in [1.165, 1.54) is 55.9 Å². The van der Waals surface area contributed by atoms with Gasteiger partial charge in [-0.05, 0) is 42.3 Å². The summed E-state index contributed by atoms with van der Waals surface area (Å²) in [6.07, 6.45) is 9.13. The Bertz CT molecular complexity index is 891. The van der Waals surface area contributed by atoms with Crippen LogP contribution in [0.15, 0.2) is 50.4 Å². The van der Waals surface area contributed by atoms with Gasteiger partial charge in [-0.25, -0.2) is 5.84 Å². The van der Waals surface area contributed by atoms with Crippen molar-refractivity contribution < 1.29 is 8.42 Å². The van der Waals surface area contributed by atoms with Crippen LogP contribution in [-0.4, -0.2) is 20.8 Å². The van der Waals surface area contributed by atoms with Crippen LogP contribution in [0.5, 0.6) is 0 Å². The molecule has 1 saturated carbocycles. The molecule has 29 heavy (non-hydrogen) atoms. The lowest BCUT2D eigenvalue weighted by molar-refractivity contribution is 0.304. The fourth-order valence-corrected chi connectivity index (χ4v) is 5.65. The fraction of sp³-hybridized carbons (Fsp3) is 0.476. The zero-order valence-corrected chi connectivity index (χ0v) is 18.5. The third kappa shape index (κ3) is 6.37. The van der Waals surface area contributed by atoms with Gasteiger partial charge in [0.15, 0.2) is 0 Å². The second-order valence-electron chi connectivity index (χ2n) is 7.69. The van der Waals surface area contributed by atoms with Crippen molar-refractivity contribution in [3.8, 4) is 0 Å². The van der Waals surface area contributed by atoms with Gasteiger partial charge in [-0.2, -0.15) is 8.42 Å². The first-order chi connectivity index (χ1) is 14.0. The highest BCUT2D eigenvalue weighted by atomic mass is 32.2. The highest BCUT2D eigenvalue weighted by Gasteiger charge is 2.17. The average Bonchev–Trinajstić information content (AvgIpc) is 3.27. The van der Waals surface area contributed by atoms with Crippen LogP contribution in [0, 0.1) is 5.92 Å². The Morgan fingerprint density at radius 3 is 2.72 bits per heavy atom. The van der Waals surface area contributed by atoms with Crippen LogP contribution in [0.25, 0.3) is 0 Å². The molecule has 3 rings (SSSR count). The fourth-order valence-electron chi connectivity index (χ4n) is 3.84. The van der Waals surface area contributed by atoms with Gasteiger partial charge in [0.25, 0.3) is 10.0 Å². The van der Waals surface area contributed by atoms with Crippen molar-refractivity contribution in [1.29, 1.82) is 0 Å². The Morgan fingerprint density at radius 1 is 1.24 bits per heavy atom. The predicted octanol–water partition coefficient (Wildman–Crippen LogP) is 4.29. The highest BCUT2D eigenvalue weighted by Crippen LogP contribution is 2.27. The molecule has 0 bridgehead atoms. The van der Waals surface area contributed by atoms with Gasteiger partial charge in [0.1, 0.15) is 10.5 Å². The molecule has 1 aliphatic carbocycles. The molecule has 1 unspecified atom stereocenters. The number of hydrogen-bond acceptors (Lipinski definition) is 5. The summed E-state index contributed by atoms with van der Waals surface area (Å²) < 4.78 is 28.4. The summed E-state index contributed by atoms with van der Waals surface area (Å²) in [4.78, 5) is 0. The van der Waals surface area contributed by atoms with Gasteiger partial charge >= 0.3 is 0 Å². The molecule has 1 atom stereocenters. The summed E-state index contributed by atoms with van der Waals surface area (Å²) in [5.74, 6) is 6.93. The van der Waals surface area contributed by atoms with E-state index in [2.05, 4.69) is 16.6 Å². The van der Waals surface area contributed by atoms with E-state index >= 15 is 0 Å². The van der Waals surface area contributed by atoms with E-state index in [1.807, 2.05) is 24.3 Å². The van der Waals surface area contributed by atoms with Gasteiger partial charge in [0.05, 0.1) is 5.69 Å². The van der Waals surface area contributed by atoms with Gasteiger partial charge in [-0.15, -0.1) is 15.7 Å². The molecule has 0 spiro atoms. The lowest BCUT2D eigenvalue weighted by Gasteiger charge is -2.25. The van der Waals surface area contributed by atoms with E-state index in [-0.39, 0.29) is 4.21 Å². The van der Waals surface area contributed by atoms with Crippen LogP contribution in [0.2, 0.25) is 0 Å². The van der Waals surface area contributed by atoms with Crippen LogP contribution in [0.4, 0.5) is 5.69 Å². The van der Waals surface area contributed by atoms with Crippen molar-refractivity contribution in [1.82, 2.24) is 5.32 Å². The first kappa shape index (κ1) is 22.0. The third-order valence-corrected chi connectivity index (χ3v) is 7.98. The van der Waals surface area contributed by atoms with Gasteiger partial charge in [-0.1, -0.05) is 56.4 Å². The molecule has 1 aromatic heterocycles. The molecule has 6 nitrogen and oxygen atoms in total. The van der Waals surface area contributed by atoms with E-state index in [0.717, 1.165) is 28.5 Å². The number of thiophene rings is 1. The molecule has 0 radical (unpaired) electrons. The number of hydrazine groups is 1. The number of para-hydroxylation sites is 1. The lowest BCUT2D eigenvalue weighted by Crippen LogP contribution is -2.33. The summed E-state index contributed by atoms with van der Waals surface area (Å²) in [7, 11) is -3.72. The molecule has 1 aliphatic rings. The molecule has 1 aromatic carbocycles. The minimum Gasteiger partial charge on any atom is -0.310 e. The van der Waals surface area contributed by atoms with E-state index < -0.39 is 10.0 Å². The standard InChI is InChI=1S/C21H30N4O2S2/c1-17(14-18-8-3-2-4-9-18)23-15-19-10-5-6-11-20(19)25(22)16-24-29(26,27)21-12-7-13-28-21/h5-7,10-13,16-18,23H,2-4,8-9,14-15,22H2,1H3/b24-16+. The predicted molar refractivity (Wildman–Crippen MR) is 121 cm³/mol. The smallest absolute Gasteiger partial charge is 0.293 e. The lowest BCUT2D eigenvalue weighted by atomic mass is 9.85. The molecule has 1 fully saturated rings. The largest absolute Gasteiger partial charge is 0.310 e. The Morgan fingerprint density at radius 2 is 2.00 bits per heavy atom. The second-order valence-corrected chi connectivity index (χ2v) is 10.5. The normalized spacial score (nSPS) is 16.9. The Kier molecular flexibility index (Phi) is 7.83. The highest BCUT2D eigenvalue weighted by molar-refractivity contribution is 7.92. The molecule has 2 aromatic rings. The Hall–Kier alpha value is -1.74. The number of nitrogens with two attached hydrogens (primary N) is 1. The zero-order valence-electron chi connectivity index (χ0n) is 16.8. The second kappa shape index (κ2) is 10.3. The molecular formula is C21H30N4O2S2. The van der Waals surface area contributed by atoms with Crippen LogP contribution in [0.1, 0.15) is 51.0 Å². The third-order valence-electron chi connectivity index (χ3n) is 5.38. The number of nitrogens with zero attached hydrogens (tertiary/aromatic N) is 2. The molecule has 0 aliphatic heterocycles. The summed E-state index contributed by atoms with van der Waals surface area (Å²) in [6.45, 7) is 2.90. The molecule has 0 saturated heterocycles. The van der Waals surface area contributed by atoms with Crippen LogP contribution in [-0.2, 0) is 16.6 Å². The summed E-state index contributed by atoms with van der Waals surface area (Å²) in [5, 5.41) is 6.57. The number of benzene rings is 1. The van der Waals surface area contributed by atoms with Crippen LogP contribution < -0.4 is 16.2 Å². The number of sulfonamides is 1. The van der Waals surface area contributed by atoms with Gasteiger partial charge in [0, 0.05) is 12.6 Å². The quantitative estimate of drug-likeness (QED) is 0.266. The number of rotatable bonds is 9. The van der Waals surface area contributed by atoms with Gasteiger partial charge in [0.2, 0.25) is 0 Å². The molecule has 158 valence electrons. The SMILES string of the molecule is CC(CC1CCCCC1)NCc1ccccc1N(N)/C=N/S(=O)(=O)c1cccs1. The minimum atomic E-state index is -3.72. The van der Waals surface area contributed by atoms with Crippen molar-refractivity contribution in [2.24, 2.45) is 16.2 Å². The number of nitrogens with one attached hydrogen (secondary N) is 1. The van der Waals surface area contributed by atoms with Crippen LogP contribution in [0.3, 0.4) is 0 Å². The number of anilines is 1. The molecule has 3 N–H and O–H groups in total. The first-order valence-electron chi connectivity index (χ1n) is 10.1. The monoisotopic (exact) mass is 434 g/mol. The van der Waals surface area contributed by atoms with Gasteiger partial charge in [-0.3, -0.25) is 5.01 Å². The van der Waals surface area contributed by atoms with E-state index in [0.29, 0.717) is 12.6 Å². The van der Waals surface area contributed by atoms with E-state index in [1.54, 1.807) is 11.4 Å². The minimum absolute atomic E-state index is 0.202. The topological polar surface area (TPSA) is 87.8 Å². The average molecular weight is 435 g/mol.